The largest absolute Gasteiger partial charge is 0.369 e. The molecule has 1 aliphatic carbocycles. The molecule has 35 heavy (non-hydrogen) atoms. The smallest absolute Gasteiger partial charge is 0.242 e. The Kier molecular flexibility index (Phi) is 5.61. The summed E-state index contributed by atoms with van der Waals surface area (Å²) in [6.45, 7) is 4.48. The van der Waals surface area contributed by atoms with Crippen LogP contribution in [0, 0.1) is 36.2 Å². The van der Waals surface area contributed by atoms with Gasteiger partial charge in [-0.05, 0) is 56.6 Å². The van der Waals surface area contributed by atoms with E-state index >= 15 is 0 Å². The Bertz CT molecular complexity index is 1230. The first-order chi connectivity index (χ1) is 17.0. The molecule has 2 aliphatic heterocycles. The van der Waals surface area contributed by atoms with E-state index in [0.717, 1.165) is 56.2 Å². The Morgan fingerprint density at radius 1 is 1.00 bits per heavy atom. The highest BCUT2D eigenvalue weighted by molar-refractivity contribution is 5.46. The second kappa shape index (κ2) is 8.80. The van der Waals surface area contributed by atoms with Gasteiger partial charge in [0.25, 0.3) is 0 Å². The van der Waals surface area contributed by atoms with Gasteiger partial charge in [-0.15, -0.1) is 5.10 Å². The van der Waals surface area contributed by atoms with Crippen LogP contribution in [-0.2, 0) is 6.54 Å². The molecule has 3 aliphatic rings. The fourth-order valence-electron chi connectivity index (χ4n) is 6.13. The predicted molar refractivity (Wildman–Crippen MR) is 125 cm³/mol. The maximum Gasteiger partial charge on any atom is 0.242 e. The Hall–Kier alpha value is -3.17. The molecule has 10 heteroatoms. The summed E-state index contributed by atoms with van der Waals surface area (Å²) >= 11 is 0. The van der Waals surface area contributed by atoms with E-state index in [-0.39, 0.29) is 11.6 Å². The molecule has 6 rings (SSSR count). The maximum atomic E-state index is 14.7. The zero-order valence-electron chi connectivity index (χ0n) is 19.6. The SMILES string of the molecule is Cc1cc(N2CC3CC[C@@H](C2)C3Nc2nc3n(n2)CCCC[C@H]3c2ccc(F)c(F)c2F)cnn1. The number of nitrogens with zero attached hydrogens (tertiary/aromatic N) is 6. The van der Waals surface area contributed by atoms with E-state index in [2.05, 4.69) is 26.5 Å². The van der Waals surface area contributed by atoms with Crippen LogP contribution in [0.3, 0.4) is 0 Å². The molecule has 0 spiro atoms. The van der Waals surface area contributed by atoms with Gasteiger partial charge in [-0.25, -0.2) is 17.9 Å². The lowest BCUT2D eigenvalue weighted by Gasteiger charge is -2.39. The third-order valence-electron chi connectivity index (χ3n) is 7.82. The summed E-state index contributed by atoms with van der Waals surface area (Å²) in [7, 11) is 0. The Balaban J connectivity index is 1.24. The van der Waals surface area contributed by atoms with Gasteiger partial charge in [0.15, 0.2) is 17.5 Å². The average molecular weight is 484 g/mol. The first-order valence-electron chi connectivity index (χ1n) is 12.4. The number of piperidine rings is 1. The minimum atomic E-state index is -1.43. The first-order valence-corrected chi connectivity index (χ1v) is 12.4. The molecule has 3 aromatic rings. The minimum absolute atomic E-state index is 0.139. The number of benzene rings is 1. The summed E-state index contributed by atoms with van der Waals surface area (Å²) in [5.41, 5.74) is 2.16. The van der Waals surface area contributed by atoms with Crippen molar-refractivity contribution in [1.29, 1.82) is 0 Å². The summed E-state index contributed by atoms with van der Waals surface area (Å²) in [4.78, 5) is 7.16. The zero-order valence-corrected chi connectivity index (χ0v) is 19.6. The van der Waals surface area contributed by atoms with E-state index in [4.69, 9.17) is 10.1 Å². The van der Waals surface area contributed by atoms with E-state index in [1.807, 2.05) is 17.8 Å². The predicted octanol–water partition coefficient (Wildman–Crippen LogP) is 4.44. The van der Waals surface area contributed by atoms with Crippen LogP contribution in [0.15, 0.2) is 24.4 Å². The van der Waals surface area contributed by atoms with E-state index in [9.17, 15) is 13.2 Å². The molecule has 2 aromatic heterocycles. The fraction of sp³-hybridized carbons (Fsp3) is 0.520. The van der Waals surface area contributed by atoms with Crippen molar-refractivity contribution in [1.82, 2.24) is 25.0 Å². The van der Waals surface area contributed by atoms with Crippen molar-refractivity contribution in [3.63, 3.8) is 0 Å². The average Bonchev–Trinajstić information content (AvgIpc) is 3.25. The van der Waals surface area contributed by atoms with Gasteiger partial charge in [0.1, 0.15) is 5.82 Å². The molecular formula is C25H28F3N7. The first kappa shape index (κ1) is 22.3. The minimum Gasteiger partial charge on any atom is -0.369 e. The monoisotopic (exact) mass is 483 g/mol. The van der Waals surface area contributed by atoms with Crippen molar-refractivity contribution in [3.05, 3.63) is 58.9 Å². The number of fused-ring (bicyclic) bond motifs is 3. The van der Waals surface area contributed by atoms with Crippen LogP contribution >= 0.6 is 0 Å². The van der Waals surface area contributed by atoms with Crippen molar-refractivity contribution < 1.29 is 13.2 Å². The second-order valence-electron chi connectivity index (χ2n) is 10.1. The van der Waals surface area contributed by atoms with Gasteiger partial charge >= 0.3 is 0 Å². The van der Waals surface area contributed by atoms with Crippen LogP contribution in [0.25, 0.3) is 0 Å². The molecule has 184 valence electrons. The number of anilines is 2. The highest BCUT2D eigenvalue weighted by Gasteiger charge is 2.43. The molecule has 2 bridgehead atoms. The van der Waals surface area contributed by atoms with Crippen LogP contribution in [0.4, 0.5) is 24.8 Å². The van der Waals surface area contributed by atoms with Gasteiger partial charge in [-0.3, -0.25) is 0 Å². The van der Waals surface area contributed by atoms with E-state index < -0.39 is 23.4 Å². The van der Waals surface area contributed by atoms with Crippen molar-refractivity contribution in [3.8, 4) is 0 Å². The Labute approximate surface area is 201 Å². The van der Waals surface area contributed by atoms with Gasteiger partial charge in [-0.1, -0.05) is 12.5 Å². The van der Waals surface area contributed by atoms with E-state index in [1.165, 1.54) is 6.07 Å². The number of hydrogen-bond donors (Lipinski definition) is 1. The molecule has 4 heterocycles. The lowest BCUT2D eigenvalue weighted by molar-refractivity contribution is 0.376. The van der Waals surface area contributed by atoms with Crippen molar-refractivity contribution >= 4 is 11.6 Å². The third-order valence-corrected chi connectivity index (χ3v) is 7.82. The lowest BCUT2D eigenvalue weighted by Crippen LogP contribution is -2.48. The summed E-state index contributed by atoms with van der Waals surface area (Å²) < 4.78 is 44.0. The molecule has 1 saturated heterocycles. The number of rotatable bonds is 4. The molecule has 1 saturated carbocycles. The zero-order chi connectivity index (χ0) is 24.1. The Morgan fingerprint density at radius 2 is 1.80 bits per heavy atom. The quantitative estimate of drug-likeness (QED) is 0.554. The standard InChI is InChI=1S/C25H28F3N7/c1-14-10-17(11-29-32-14)34-12-15-5-6-16(13-34)23(15)30-25-31-24-19(4-2-3-9-35(24)33-25)18-7-8-20(26)22(28)21(18)27/h7-8,10-11,15-16,19,23H,2-6,9,12-13H2,1H3,(H,30,33)/t15-,16?,19-,23?/m0/s1. The molecule has 0 radical (unpaired) electrons. The number of halogens is 3. The number of aromatic nitrogens is 5. The van der Waals surface area contributed by atoms with Crippen molar-refractivity contribution in [2.75, 3.05) is 23.3 Å². The summed E-state index contributed by atoms with van der Waals surface area (Å²) in [5, 5.41) is 16.5. The summed E-state index contributed by atoms with van der Waals surface area (Å²) in [6.07, 6.45) is 6.41. The molecule has 0 amide bonds. The van der Waals surface area contributed by atoms with Gasteiger partial charge < -0.3 is 10.2 Å². The maximum absolute atomic E-state index is 14.7. The van der Waals surface area contributed by atoms with Crippen LogP contribution in [0.1, 0.15) is 55.1 Å². The molecule has 4 atom stereocenters. The highest BCUT2D eigenvalue weighted by Crippen LogP contribution is 2.40. The summed E-state index contributed by atoms with van der Waals surface area (Å²) in [5.74, 6) is -2.16. The van der Waals surface area contributed by atoms with Crippen LogP contribution < -0.4 is 10.2 Å². The van der Waals surface area contributed by atoms with Gasteiger partial charge in [0.2, 0.25) is 5.95 Å². The normalized spacial score (nSPS) is 25.9. The Morgan fingerprint density at radius 3 is 2.57 bits per heavy atom. The lowest BCUT2D eigenvalue weighted by atomic mass is 9.92. The second-order valence-corrected chi connectivity index (χ2v) is 10.1. The van der Waals surface area contributed by atoms with Crippen LogP contribution in [0.5, 0.6) is 0 Å². The van der Waals surface area contributed by atoms with Crippen molar-refractivity contribution in [2.45, 2.75) is 57.5 Å². The number of aryl methyl sites for hydroxylation is 2. The van der Waals surface area contributed by atoms with Gasteiger partial charge in [-0.2, -0.15) is 15.2 Å². The van der Waals surface area contributed by atoms with Crippen molar-refractivity contribution in [2.24, 2.45) is 11.8 Å². The third kappa shape index (κ3) is 4.02. The topological polar surface area (TPSA) is 71.8 Å². The summed E-state index contributed by atoms with van der Waals surface area (Å²) in [6, 6.07) is 4.66. The van der Waals surface area contributed by atoms with E-state index in [0.29, 0.717) is 36.6 Å². The highest BCUT2D eigenvalue weighted by atomic mass is 19.2. The van der Waals surface area contributed by atoms with Gasteiger partial charge in [0.05, 0.1) is 17.6 Å². The molecule has 1 N–H and O–H groups in total. The van der Waals surface area contributed by atoms with Gasteiger partial charge in [0, 0.05) is 37.2 Å². The number of nitrogens with one attached hydrogen (secondary N) is 1. The number of hydrogen-bond acceptors (Lipinski definition) is 6. The van der Waals surface area contributed by atoms with Crippen LogP contribution in [-0.4, -0.2) is 44.1 Å². The van der Waals surface area contributed by atoms with Crippen LogP contribution in [0.2, 0.25) is 0 Å². The fourth-order valence-corrected chi connectivity index (χ4v) is 6.13. The molecular weight excluding hydrogens is 455 g/mol. The van der Waals surface area contributed by atoms with E-state index in [1.54, 1.807) is 0 Å². The molecule has 1 aromatic carbocycles. The molecule has 2 unspecified atom stereocenters. The molecule has 7 nitrogen and oxygen atoms in total. The molecule has 2 fully saturated rings.